The molecule has 1 N–H and O–H groups in total. The van der Waals surface area contributed by atoms with Crippen molar-refractivity contribution in [2.75, 3.05) is 38.0 Å². The molecule has 26 heavy (non-hydrogen) atoms. The Kier molecular flexibility index (Phi) is 6.54. The number of amides is 1. The fraction of sp³-hybridized carbons (Fsp3) is 0.350. The Morgan fingerprint density at radius 1 is 0.962 bits per heavy atom. The third-order valence-electron chi connectivity index (χ3n) is 4.61. The van der Waals surface area contributed by atoms with E-state index in [1.807, 2.05) is 49.4 Å². The molecule has 2 aromatic carbocycles. The number of benzene rings is 2. The quantitative estimate of drug-likeness (QED) is 0.834. The van der Waals surface area contributed by atoms with Gasteiger partial charge in [0.05, 0.1) is 6.54 Å². The van der Waals surface area contributed by atoms with Crippen molar-refractivity contribution in [3.05, 3.63) is 63.6 Å². The van der Waals surface area contributed by atoms with Gasteiger partial charge in [-0.2, -0.15) is 0 Å². The maximum atomic E-state index is 12.2. The van der Waals surface area contributed by atoms with Crippen LogP contribution in [-0.4, -0.2) is 48.4 Å². The van der Waals surface area contributed by atoms with Crippen LogP contribution in [0.4, 0.5) is 5.69 Å². The average molecular weight is 392 g/mol. The maximum absolute atomic E-state index is 12.2. The molecule has 0 aromatic heterocycles. The smallest absolute Gasteiger partial charge is 0.238 e. The normalized spacial score (nSPS) is 15.8. The number of carbonyl (C=O) groups excluding carboxylic acids is 1. The Balaban J connectivity index is 1.46. The van der Waals surface area contributed by atoms with E-state index in [0.29, 0.717) is 16.6 Å². The summed E-state index contributed by atoms with van der Waals surface area (Å²) in [6, 6.07) is 13.4. The van der Waals surface area contributed by atoms with E-state index >= 15 is 0 Å². The van der Waals surface area contributed by atoms with E-state index in [0.717, 1.165) is 44.0 Å². The van der Waals surface area contributed by atoms with E-state index < -0.39 is 0 Å². The predicted octanol–water partition coefficient (Wildman–Crippen LogP) is 4.06. The second-order valence-electron chi connectivity index (χ2n) is 6.67. The number of anilines is 1. The van der Waals surface area contributed by atoms with Crippen LogP contribution in [-0.2, 0) is 11.3 Å². The molecule has 0 radical (unpaired) electrons. The molecule has 1 saturated heterocycles. The van der Waals surface area contributed by atoms with Gasteiger partial charge < -0.3 is 5.32 Å². The zero-order valence-electron chi connectivity index (χ0n) is 14.8. The average Bonchev–Trinajstić information content (AvgIpc) is 2.62. The SMILES string of the molecule is Cc1ccc(NC(=O)CN2CCN(Cc3c(Cl)cccc3Cl)CC2)cc1. The van der Waals surface area contributed by atoms with Crippen LogP contribution < -0.4 is 5.32 Å². The van der Waals surface area contributed by atoms with Gasteiger partial charge in [-0.05, 0) is 31.2 Å². The van der Waals surface area contributed by atoms with Gasteiger partial charge >= 0.3 is 0 Å². The van der Waals surface area contributed by atoms with Crippen molar-refractivity contribution in [1.82, 2.24) is 9.80 Å². The van der Waals surface area contributed by atoms with Crippen LogP contribution in [0.3, 0.4) is 0 Å². The molecule has 6 heteroatoms. The van der Waals surface area contributed by atoms with Crippen molar-refractivity contribution in [1.29, 1.82) is 0 Å². The van der Waals surface area contributed by atoms with Crippen LogP contribution in [0.25, 0.3) is 0 Å². The van der Waals surface area contributed by atoms with E-state index in [9.17, 15) is 4.79 Å². The second kappa shape index (κ2) is 8.87. The van der Waals surface area contributed by atoms with Crippen LogP contribution >= 0.6 is 23.2 Å². The Morgan fingerprint density at radius 3 is 2.15 bits per heavy atom. The molecule has 3 rings (SSSR count). The van der Waals surface area contributed by atoms with E-state index in [4.69, 9.17) is 23.2 Å². The lowest BCUT2D eigenvalue weighted by Crippen LogP contribution is -2.48. The Labute approximate surface area is 164 Å². The van der Waals surface area contributed by atoms with Crippen molar-refractivity contribution in [2.45, 2.75) is 13.5 Å². The highest BCUT2D eigenvalue weighted by Gasteiger charge is 2.20. The molecule has 1 aliphatic rings. The lowest BCUT2D eigenvalue weighted by atomic mass is 10.2. The molecular formula is C20H23Cl2N3O. The number of nitrogens with one attached hydrogen (secondary N) is 1. The maximum Gasteiger partial charge on any atom is 0.238 e. The summed E-state index contributed by atoms with van der Waals surface area (Å²) < 4.78 is 0. The molecular weight excluding hydrogens is 369 g/mol. The third-order valence-corrected chi connectivity index (χ3v) is 5.32. The van der Waals surface area contributed by atoms with Crippen LogP contribution in [0.2, 0.25) is 10.0 Å². The molecule has 0 aliphatic carbocycles. The van der Waals surface area contributed by atoms with Gasteiger partial charge in [-0.25, -0.2) is 0 Å². The first kappa shape index (κ1) is 19.2. The zero-order valence-corrected chi connectivity index (χ0v) is 16.4. The third kappa shape index (κ3) is 5.21. The first-order valence-corrected chi connectivity index (χ1v) is 9.51. The highest BCUT2D eigenvalue weighted by molar-refractivity contribution is 6.35. The molecule has 0 saturated carbocycles. The number of nitrogens with zero attached hydrogens (tertiary/aromatic N) is 2. The number of piperazine rings is 1. The first-order valence-electron chi connectivity index (χ1n) is 8.75. The largest absolute Gasteiger partial charge is 0.325 e. The van der Waals surface area contributed by atoms with Crippen molar-refractivity contribution in [2.24, 2.45) is 0 Å². The number of aryl methyl sites for hydroxylation is 1. The topological polar surface area (TPSA) is 35.6 Å². The minimum absolute atomic E-state index is 0.0245. The molecule has 1 heterocycles. The zero-order chi connectivity index (χ0) is 18.5. The van der Waals surface area contributed by atoms with E-state index in [2.05, 4.69) is 15.1 Å². The van der Waals surface area contributed by atoms with Gasteiger partial charge in [-0.3, -0.25) is 14.6 Å². The molecule has 1 amide bonds. The fourth-order valence-electron chi connectivity index (χ4n) is 3.05. The summed E-state index contributed by atoms with van der Waals surface area (Å²) >= 11 is 12.5. The summed E-state index contributed by atoms with van der Waals surface area (Å²) in [5, 5.41) is 4.37. The molecule has 2 aromatic rings. The number of hydrogen-bond donors (Lipinski definition) is 1. The predicted molar refractivity (Wildman–Crippen MR) is 108 cm³/mol. The van der Waals surface area contributed by atoms with Gasteiger partial charge in [0.2, 0.25) is 5.91 Å². The summed E-state index contributed by atoms with van der Waals surface area (Å²) in [5.74, 6) is 0.0245. The van der Waals surface area contributed by atoms with Gasteiger partial charge in [0, 0.05) is 54.0 Å². The standard InChI is InChI=1S/C20H23Cl2N3O/c1-15-5-7-16(8-6-15)23-20(26)14-25-11-9-24(10-12-25)13-17-18(21)3-2-4-19(17)22/h2-8H,9-14H2,1H3,(H,23,26). The Morgan fingerprint density at radius 2 is 1.54 bits per heavy atom. The van der Waals surface area contributed by atoms with E-state index in [1.165, 1.54) is 5.56 Å². The second-order valence-corrected chi connectivity index (χ2v) is 7.48. The fourth-order valence-corrected chi connectivity index (χ4v) is 3.57. The van der Waals surface area contributed by atoms with E-state index in [1.54, 1.807) is 0 Å². The number of rotatable bonds is 5. The molecule has 0 atom stereocenters. The molecule has 1 fully saturated rings. The van der Waals surface area contributed by atoms with Gasteiger partial charge in [0.1, 0.15) is 0 Å². The number of hydrogen-bond acceptors (Lipinski definition) is 3. The molecule has 0 spiro atoms. The number of halogens is 2. The Bertz CT molecular complexity index is 736. The summed E-state index contributed by atoms with van der Waals surface area (Å²) in [6.07, 6.45) is 0. The van der Waals surface area contributed by atoms with Crippen molar-refractivity contribution in [3.63, 3.8) is 0 Å². The molecule has 4 nitrogen and oxygen atoms in total. The van der Waals surface area contributed by atoms with Gasteiger partial charge in [-0.15, -0.1) is 0 Å². The van der Waals surface area contributed by atoms with Crippen molar-refractivity contribution in [3.8, 4) is 0 Å². The van der Waals surface area contributed by atoms with Gasteiger partial charge in [0.25, 0.3) is 0 Å². The minimum atomic E-state index is 0.0245. The van der Waals surface area contributed by atoms with Gasteiger partial charge in [-0.1, -0.05) is 47.0 Å². The highest BCUT2D eigenvalue weighted by atomic mass is 35.5. The molecule has 1 aliphatic heterocycles. The summed E-state index contributed by atoms with van der Waals surface area (Å²) in [4.78, 5) is 16.7. The highest BCUT2D eigenvalue weighted by Crippen LogP contribution is 2.26. The first-order chi connectivity index (χ1) is 12.5. The van der Waals surface area contributed by atoms with E-state index in [-0.39, 0.29) is 5.91 Å². The van der Waals surface area contributed by atoms with Gasteiger partial charge in [0.15, 0.2) is 0 Å². The molecule has 0 bridgehead atoms. The van der Waals surface area contributed by atoms with Crippen molar-refractivity contribution >= 4 is 34.8 Å². The summed E-state index contributed by atoms with van der Waals surface area (Å²) in [5.41, 5.74) is 2.99. The van der Waals surface area contributed by atoms with Crippen LogP contribution in [0.15, 0.2) is 42.5 Å². The van der Waals surface area contributed by atoms with Crippen LogP contribution in [0, 0.1) is 6.92 Å². The monoisotopic (exact) mass is 391 g/mol. The van der Waals surface area contributed by atoms with Crippen LogP contribution in [0.1, 0.15) is 11.1 Å². The molecule has 0 unspecified atom stereocenters. The number of carbonyl (C=O) groups is 1. The Hall–Kier alpha value is -1.59. The molecule has 138 valence electrons. The minimum Gasteiger partial charge on any atom is -0.325 e. The summed E-state index contributed by atoms with van der Waals surface area (Å²) in [7, 11) is 0. The van der Waals surface area contributed by atoms with Crippen molar-refractivity contribution < 1.29 is 4.79 Å². The lowest BCUT2D eigenvalue weighted by molar-refractivity contribution is -0.117. The summed E-state index contributed by atoms with van der Waals surface area (Å²) in [6.45, 7) is 6.66. The lowest BCUT2D eigenvalue weighted by Gasteiger charge is -2.34. The van der Waals surface area contributed by atoms with Crippen LogP contribution in [0.5, 0.6) is 0 Å².